The quantitative estimate of drug-likeness (QED) is 0.827. The van der Waals surface area contributed by atoms with Crippen molar-refractivity contribution >= 4 is 29.2 Å². The van der Waals surface area contributed by atoms with Crippen molar-refractivity contribution < 1.29 is 9.53 Å². The molecule has 6 heteroatoms. The number of aromatic nitrogens is 1. The Bertz CT molecular complexity index is 711. The lowest BCUT2D eigenvalue weighted by molar-refractivity contribution is 0.153. The Morgan fingerprint density at radius 3 is 3.04 bits per heavy atom. The van der Waals surface area contributed by atoms with Crippen LogP contribution in [0.4, 0.5) is 16.2 Å². The molecule has 1 unspecified atom stereocenters. The van der Waals surface area contributed by atoms with E-state index in [9.17, 15) is 4.79 Å². The Morgan fingerprint density at radius 2 is 2.30 bits per heavy atom. The molecule has 3 N–H and O–H groups in total. The molecule has 23 heavy (non-hydrogen) atoms. The molecule has 2 aromatic rings. The number of thioether (sulfide) groups is 1. The van der Waals surface area contributed by atoms with Gasteiger partial charge in [-0.05, 0) is 41.7 Å². The maximum Gasteiger partial charge on any atom is 0.412 e. The molecule has 0 spiro atoms. The van der Waals surface area contributed by atoms with Crippen molar-refractivity contribution in [2.24, 2.45) is 0 Å². The summed E-state index contributed by atoms with van der Waals surface area (Å²) in [7, 11) is 0. The number of allylic oxidation sites excluding steroid dienone is 1. The molecule has 0 saturated carbocycles. The molecule has 3 rings (SSSR count). The maximum atomic E-state index is 11.9. The maximum absolute atomic E-state index is 11.9. The number of ether oxygens (including phenoxy) is 1. The number of nitrogen functional groups attached to an aromatic ring is 1. The van der Waals surface area contributed by atoms with Crippen LogP contribution in [0.3, 0.4) is 0 Å². The van der Waals surface area contributed by atoms with Gasteiger partial charge in [0.05, 0.1) is 17.1 Å². The number of carbonyl (C=O) groups is 1. The summed E-state index contributed by atoms with van der Waals surface area (Å²) >= 11 is 1.76. The highest BCUT2D eigenvalue weighted by molar-refractivity contribution is 8.02. The minimum absolute atomic E-state index is 0.120. The summed E-state index contributed by atoms with van der Waals surface area (Å²) in [6.07, 6.45) is 4.24. The highest BCUT2D eigenvalue weighted by Gasteiger charge is 2.16. The van der Waals surface area contributed by atoms with Gasteiger partial charge in [-0.25, -0.2) is 4.79 Å². The molecule has 1 aromatic heterocycles. The van der Waals surface area contributed by atoms with E-state index >= 15 is 0 Å². The highest BCUT2D eigenvalue weighted by Crippen LogP contribution is 2.39. The van der Waals surface area contributed by atoms with Crippen molar-refractivity contribution in [3.05, 3.63) is 65.3 Å². The molecule has 2 heterocycles. The van der Waals surface area contributed by atoms with Crippen LogP contribution >= 0.6 is 11.8 Å². The minimum atomic E-state index is -0.545. The van der Waals surface area contributed by atoms with Crippen molar-refractivity contribution in [2.75, 3.05) is 11.1 Å². The van der Waals surface area contributed by atoms with Gasteiger partial charge in [-0.2, -0.15) is 0 Å². The predicted octanol–water partition coefficient (Wildman–Crippen LogP) is 4.10. The van der Waals surface area contributed by atoms with E-state index in [1.807, 2.05) is 30.3 Å². The van der Waals surface area contributed by atoms with Crippen LogP contribution in [-0.4, -0.2) is 11.1 Å². The van der Waals surface area contributed by atoms with E-state index in [-0.39, 0.29) is 6.61 Å². The fraction of sp³-hybridized carbons (Fsp3) is 0.176. The van der Waals surface area contributed by atoms with E-state index < -0.39 is 6.09 Å². The third-order valence-electron chi connectivity index (χ3n) is 3.45. The Labute approximate surface area is 138 Å². The van der Waals surface area contributed by atoms with Crippen LogP contribution in [-0.2, 0) is 11.3 Å². The second-order valence-electron chi connectivity index (χ2n) is 5.10. The molecular formula is C17H17N3O2S. The lowest BCUT2D eigenvalue weighted by Gasteiger charge is -2.14. The van der Waals surface area contributed by atoms with Crippen molar-refractivity contribution in [3.8, 4) is 0 Å². The number of pyridine rings is 1. The lowest BCUT2D eigenvalue weighted by atomic mass is 10.1. The molecular weight excluding hydrogens is 310 g/mol. The lowest BCUT2D eigenvalue weighted by Crippen LogP contribution is -2.15. The molecule has 118 valence electrons. The van der Waals surface area contributed by atoms with Crippen LogP contribution in [0, 0.1) is 0 Å². The third kappa shape index (κ3) is 4.04. The van der Waals surface area contributed by atoms with Crippen LogP contribution in [0.1, 0.15) is 22.9 Å². The summed E-state index contributed by atoms with van der Waals surface area (Å²) in [5.74, 6) is 0. The molecule has 1 atom stereocenters. The second-order valence-corrected chi connectivity index (χ2v) is 6.21. The fourth-order valence-corrected chi connectivity index (χ4v) is 3.19. The fourth-order valence-electron chi connectivity index (χ4n) is 2.25. The predicted molar refractivity (Wildman–Crippen MR) is 93.0 cm³/mol. The molecule has 1 aromatic carbocycles. The summed E-state index contributed by atoms with van der Waals surface area (Å²) in [5, 5.41) is 5.17. The number of rotatable bonds is 4. The molecule has 5 nitrogen and oxygen atoms in total. The zero-order chi connectivity index (χ0) is 16.1. The molecule has 1 amide bonds. The van der Waals surface area contributed by atoms with Gasteiger partial charge in [0.1, 0.15) is 6.61 Å². The largest absolute Gasteiger partial charge is 0.443 e. The van der Waals surface area contributed by atoms with Gasteiger partial charge in [0.2, 0.25) is 0 Å². The average Bonchev–Trinajstić information content (AvgIpc) is 3.10. The Kier molecular flexibility index (Phi) is 4.83. The van der Waals surface area contributed by atoms with E-state index in [0.717, 1.165) is 12.0 Å². The van der Waals surface area contributed by atoms with E-state index in [2.05, 4.69) is 21.8 Å². The molecule has 1 aliphatic heterocycles. The van der Waals surface area contributed by atoms with Gasteiger partial charge in [0.25, 0.3) is 0 Å². The Hall–Kier alpha value is -2.47. The van der Waals surface area contributed by atoms with Gasteiger partial charge in [-0.1, -0.05) is 18.2 Å². The molecule has 0 bridgehead atoms. The third-order valence-corrected chi connectivity index (χ3v) is 4.60. The van der Waals surface area contributed by atoms with Crippen molar-refractivity contribution in [3.63, 3.8) is 0 Å². The van der Waals surface area contributed by atoms with Gasteiger partial charge in [0.15, 0.2) is 0 Å². The molecule has 1 aliphatic rings. The Morgan fingerprint density at radius 1 is 1.39 bits per heavy atom. The minimum Gasteiger partial charge on any atom is -0.443 e. The van der Waals surface area contributed by atoms with Crippen LogP contribution in [0.25, 0.3) is 0 Å². The summed E-state index contributed by atoms with van der Waals surface area (Å²) in [6.45, 7) is 0.120. The zero-order valence-corrected chi connectivity index (χ0v) is 13.3. The first-order valence-electron chi connectivity index (χ1n) is 7.26. The first-order chi connectivity index (χ1) is 11.2. The number of nitrogens with one attached hydrogen (secondary N) is 1. The number of anilines is 2. The normalized spacial score (nSPS) is 16.3. The molecule has 0 radical (unpaired) electrons. The van der Waals surface area contributed by atoms with Crippen LogP contribution in [0.5, 0.6) is 0 Å². The van der Waals surface area contributed by atoms with Gasteiger partial charge in [0, 0.05) is 11.4 Å². The van der Waals surface area contributed by atoms with Crippen molar-refractivity contribution in [2.45, 2.75) is 18.3 Å². The van der Waals surface area contributed by atoms with E-state index in [0.29, 0.717) is 22.3 Å². The smallest absolute Gasteiger partial charge is 0.412 e. The summed E-state index contributed by atoms with van der Waals surface area (Å²) in [6, 6.07) is 11.2. The van der Waals surface area contributed by atoms with Gasteiger partial charge >= 0.3 is 6.09 Å². The highest BCUT2D eigenvalue weighted by atomic mass is 32.2. The number of hydrogen-bond acceptors (Lipinski definition) is 5. The number of nitrogens with zero attached hydrogens (tertiary/aromatic N) is 1. The van der Waals surface area contributed by atoms with E-state index in [4.69, 9.17) is 10.5 Å². The van der Waals surface area contributed by atoms with Gasteiger partial charge in [-0.15, -0.1) is 11.8 Å². The topological polar surface area (TPSA) is 77.2 Å². The first kappa shape index (κ1) is 15.4. The number of nitrogens with two attached hydrogens (primary N) is 1. The SMILES string of the molecule is Nc1ccc(C2CC=CS2)cc1NC(=O)OCc1ccccn1. The second kappa shape index (κ2) is 7.19. The molecule has 0 saturated heterocycles. The average molecular weight is 327 g/mol. The number of benzene rings is 1. The van der Waals surface area contributed by atoms with Gasteiger partial charge in [-0.3, -0.25) is 10.3 Å². The van der Waals surface area contributed by atoms with E-state index in [1.54, 1.807) is 24.0 Å². The van der Waals surface area contributed by atoms with Crippen molar-refractivity contribution in [1.82, 2.24) is 4.98 Å². The van der Waals surface area contributed by atoms with Crippen molar-refractivity contribution in [1.29, 1.82) is 0 Å². The molecule has 0 fully saturated rings. The standard InChI is InChI=1S/C17H17N3O2S/c18-14-7-6-12(16-5-3-9-23-16)10-15(14)20-17(21)22-11-13-4-1-2-8-19-13/h1-4,6-10,16H,5,11,18H2,(H,20,21). The van der Waals surface area contributed by atoms with Crippen LogP contribution in [0.15, 0.2) is 54.1 Å². The van der Waals surface area contributed by atoms with E-state index in [1.165, 1.54) is 0 Å². The van der Waals surface area contributed by atoms with Gasteiger partial charge < -0.3 is 10.5 Å². The van der Waals surface area contributed by atoms with Crippen LogP contribution < -0.4 is 11.1 Å². The summed E-state index contributed by atoms with van der Waals surface area (Å²) in [4.78, 5) is 16.0. The number of carbonyl (C=O) groups excluding carboxylic acids is 1. The number of amides is 1. The summed E-state index contributed by atoms with van der Waals surface area (Å²) < 4.78 is 5.17. The van der Waals surface area contributed by atoms with Crippen LogP contribution in [0.2, 0.25) is 0 Å². The first-order valence-corrected chi connectivity index (χ1v) is 8.20. The number of hydrogen-bond donors (Lipinski definition) is 2. The Balaban J connectivity index is 1.62. The molecule has 0 aliphatic carbocycles. The summed E-state index contributed by atoms with van der Waals surface area (Å²) in [5.41, 5.74) is 8.85. The zero-order valence-electron chi connectivity index (χ0n) is 12.4. The monoisotopic (exact) mass is 327 g/mol.